The van der Waals surface area contributed by atoms with E-state index in [9.17, 15) is 0 Å². The average Bonchev–Trinajstić information content (AvgIpc) is 2.63. The van der Waals surface area contributed by atoms with Gasteiger partial charge in [-0.1, -0.05) is 17.7 Å². The third kappa shape index (κ3) is 1.43. The molecule has 0 aromatic carbocycles. The molecule has 2 atom stereocenters. The van der Waals surface area contributed by atoms with Crippen LogP contribution in [0.25, 0.3) is 5.57 Å². The van der Waals surface area contributed by atoms with Crippen molar-refractivity contribution in [1.29, 1.82) is 0 Å². The minimum absolute atomic E-state index is 0.423. The summed E-state index contributed by atoms with van der Waals surface area (Å²) in [5.41, 5.74) is 2.50. The number of ether oxygens (including phenoxy) is 1. The number of nitrogens with zero attached hydrogens (tertiary/aromatic N) is 1. The maximum Gasteiger partial charge on any atom is 0.171 e. The van der Waals surface area contributed by atoms with Crippen LogP contribution >= 0.6 is 11.6 Å². The highest BCUT2D eigenvalue weighted by Crippen LogP contribution is 2.43. The van der Waals surface area contributed by atoms with Crippen LogP contribution in [0.4, 0.5) is 0 Å². The van der Waals surface area contributed by atoms with Crippen LogP contribution in [0.1, 0.15) is 5.56 Å². The van der Waals surface area contributed by atoms with Gasteiger partial charge in [-0.2, -0.15) is 0 Å². The quantitative estimate of drug-likeness (QED) is 0.798. The summed E-state index contributed by atoms with van der Waals surface area (Å²) in [5.74, 6) is 2.00. The molecule has 2 aliphatic rings. The molecule has 1 aliphatic heterocycles. The first-order chi connectivity index (χ1) is 7.79. The fourth-order valence-electron chi connectivity index (χ4n) is 2.49. The third-order valence-corrected chi connectivity index (χ3v) is 3.70. The van der Waals surface area contributed by atoms with Crippen molar-refractivity contribution in [2.45, 2.75) is 0 Å². The highest BCUT2D eigenvalue weighted by molar-refractivity contribution is 6.30. The maximum atomic E-state index is 5.91. The molecule has 1 N–H and O–H groups in total. The third-order valence-electron chi connectivity index (χ3n) is 3.41. The maximum absolute atomic E-state index is 5.91. The molecule has 1 aromatic heterocycles. The van der Waals surface area contributed by atoms with Gasteiger partial charge in [0.25, 0.3) is 0 Å². The van der Waals surface area contributed by atoms with Gasteiger partial charge in [0.2, 0.25) is 0 Å². The van der Waals surface area contributed by atoms with Gasteiger partial charge in [0.15, 0.2) is 10.9 Å². The van der Waals surface area contributed by atoms with Gasteiger partial charge in [-0.15, -0.1) is 0 Å². The zero-order chi connectivity index (χ0) is 11.1. The van der Waals surface area contributed by atoms with Crippen LogP contribution in [0.2, 0.25) is 5.15 Å². The predicted octanol–water partition coefficient (Wildman–Crippen LogP) is 1.98. The van der Waals surface area contributed by atoms with Crippen LogP contribution in [0.3, 0.4) is 0 Å². The molecule has 16 heavy (non-hydrogen) atoms. The van der Waals surface area contributed by atoms with E-state index in [4.69, 9.17) is 16.3 Å². The summed E-state index contributed by atoms with van der Waals surface area (Å²) >= 11 is 5.91. The number of methoxy groups -OCH3 is 1. The van der Waals surface area contributed by atoms with Crippen LogP contribution in [-0.4, -0.2) is 25.2 Å². The number of aromatic nitrogens is 1. The van der Waals surface area contributed by atoms with Crippen LogP contribution < -0.4 is 10.1 Å². The van der Waals surface area contributed by atoms with Gasteiger partial charge in [-0.25, -0.2) is 4.98 Å². The normalized spacial score (nSPS) is 27.0. The second-order valence-corrected chi connectivity index (χ2v) is 4.63. The van der Waals surface area contributed by atoms with E-state index in [1.54, 1.807) is 7.11 Å². The molecule has 2 unspecified atom stereocenters. The van der Waals surface area contributed by atoms with Crippen LogP contribution in [0.15, 0.2) is 18.3 Å². The van der Waals surface area contributed by atoms with Crippen LogP contribution in [-0.2, 0) is 0 Å². The zero-order valence-corrected chi connectivity index (χ0v) is 9.79. The average molecular weight is 237 g/mol. The minimum atomic E-state index is 0.423. The van der Waals surface area contributed by atoms with Gasteiger partial charge in [-0.05, 0) is 23.1 Å². The molecule has 0 amide bonds. The Labute approximate surface area is 99.5 Å². The topological polar surface area (TPSA) is 34.1 Å². The Bertz CT molecular complexity index is 458. The minimum Gasteiger partial charge on any atom is -0.494 e. The van der Waals surface area contributed by atoms with Gasteiger partial charge in [0, 0.05) is 25.2 Å². The number of fused-ring (bicyclic) bond motifs is 1. The van der Waals surface area contributed by atoms with Crippen LogP contribution in [0, 0.1) is 11.8 Å². The summed E-state index contributed by atoms with van der Waals surface area (Å²) in [5, 5.41) is 3.82. The largest absolute Gasteiger partial charge is 0.494 e. The van der Waals surface area contributed by atoms with Crippen molar-refractivity contribution in [2.24, 2.45) is 11.8 Å². The summed E-state index contributed by atoms with van der Waals surface area (Å²) in [4.78, 5) is 4.15. The molecule has 2 heterocycles. The predicted molar refractivity (Wildman–Crippen MR) is 63.6 cm³/mol. The fourth-order valence-corrected chi connectivity index (χ4v) is 2.67. The smallest absolute Gasteiger partial charge is 0.171 e. The van der Waals surface area contributed by atoms with Crippen molar-refractivity contribution in [3.8, 4) is 5.75 Å². The standard InChI is InChI=1S/C12H13ClN2O/c1-16-11-3-8(5-15-12(11)13)9-2-7-4-14-6-10(7)9/h2-3,5,7,10,14H,4,6H2,1H3. The lowest BCUT2D eigenvalue weighted by molar-refractivity contribution is 0.413. The molecule has 1 aromatic rings. The van der Waals surface area contributed by atoms with Crippen molar-refractivity contribution >= 4 is 17.2 Å². The first-order valence-corrected chi connectivity index (χ1v) is 5.79. The zero-order valence-electron chi connectivity index (χ0n) is 9.03. The first kappa shape index (κ1) is 10.1. The summed E-state index contributed by atoms with van der Waals surface area (Å²) in [7, 11) is 1.61. The van der Waals surface area contributed by atoms with E-state index in [1.165, 1.54) is 5.57 Å². The van der Waals surface area contributed by atoms with E-state index >= 15 is 0 Å². The molecule has 1 saturated heterocycles. The van der Waals surface area contributed by atoms with Gasteiger partial charge in [0.05, 0.1) is 7.11 Å². The van der Waals surface area contributed by atoms with E-state index < -0.39 is 0 Å². The lowest BCUT2D eigenvalue weighted by atomic mass is 9.74. The lowest BCUT2D eigenvalue weighted by Gasteiger charge is -2.29. The molecule has 3 rings (SSSR count). The molecule has 84 valence electrons. The number of nitrogens with one attached hydrogen (secondary N) is 1. The number of hydrogen-bond donors (Lipinski definition) is 1. The van der Waals surface area contributed by atoms with Crippen molar-refractivity contribution < 1.29 is 4.74 Å². The molecule has 0 saturated carbocycles. The lowest BCUT2D eigenvalue weighted by Crippen LogP contribution is -2.22. The molecule has 1 fully saturated rings. The number of rotatable bonds is 2. The monoisotopic (exact) mass is 236 g/mol. The van der Waals surface area contributed by atoms with Crippen LogP contribution in [0.5, 0.6) is 5.75 Å². The molecule has 0 bridgehead atoms. The van der Waals surface area contributed by atoms with Gasteiger partial charge in [-0.3, -0.25) is 0 Å². The molecule has 0 radical (unpaired) electrons. The van der Waals surface area contributed by atoms with Crippen molar-refractivity contribution in [3.63, 3.8) is 0 Å². The Balaban J connectivity index is 1.93. The van der Waals surface area contributed by atoms with Crippen molar-refractivity contribution in [1.82, 2.24) is 10.3 Å². The van der Waals surface area contributed by atoms with E-state index in [1.807, 2.05) is 12.3 Å². The van der Waals surface area contributed by atoms with Crippen molar-refractivity contribution in [2.75, 3.05) is 20.2 Å². The number of hydrogen-bond acceptors (Lipinski definition) is 3. The highest BCUT2D eigenvalue weighted by Gasteiger charge is 2.36. The van der Waals surface area contributed by atoms with Gasteiger partial charge < -0.3 is 10.1 Å². The van der Waals surface area contributed by atoms with Gasteiger partial charge in [0.1, 0.15) is 0 Å². The molecular formula is C12H13ClN2O. The number of pyridine rings is 1. The summed E-state index contributed by atoms with van der Waals surface area (Å²) < 4.78 is 5.18. The van der Waals surface area contributed by atoms with E-state index in [0.29, 0.717) is 22.7 Å². The Hall–Kier alpha value is -1.06. The summed E-state index contributed by atoms with van der Waals surface area (Å²) in [6.07, 6.45) is 4.14. The van der Waals surface area contributed by atoms with E-state index in [2.05, 4.69) is 16.4 Å². The molecule has 3 nitrogen and oxygen atoms in total. The van der Waals surface area contributed by atoms with Gasteiger partial charge >= 0.3 is 0 Å². The Morgan fingerprint density at radius 1 is 1.50 bits per heavy atom. The van der Waals surface area contributed by atoms with E-state index in [-0.39, 0.29) is 0 Å². The van der Waals surface area contributed by atoms with Crippen molar-refractivity contribution in [3.05, 3.63) is 29.1 Å². The SMILES string of the molecule is COc1cc(C2=CC3CNCC23)cnc1Cl. The highest BCUT2D eigenvalue weighted by atomic mass is 35.5. The summed E-state index contributed by atoms with van der Waals surface area (Å²) in [6, 6.07) is 1.97. The fraction of sp³-hybridized carbons (Fsp3) is 0.417. The molecular weight excluding hydrogens is 224 g/mol. The summed E-state index contributed by atoms with van der Waals surface area (Å²) in [6.45, 7) is 2.17. The molecule has 0 spiro atoms. The Morgan fingerprint density at radius 2 is 2.38 bits per heavy atom. The Morgan fingerprint density at radius 3 is 3.12 bits per heavy atom. The first-order valence-electron chi connectivity index (χ1n) is 5.42. The second kappa shape index (κ2) is 3.75. The van der Waals surface area contributed by atoms with E-state index in [0.717, 1.165) is 18.7 Å². The molecule has 1 aliphatic carbocycles. The number of halogens is 1. The molecule has 4 heteroatoms. The second-order valence-electron chi connectivity index (χ2n) is 4.27. The Kier molecular flexibility index (Phi) is 2.37.